The molecule has 1 unspecified atom stereocenters. The number of benzene rings is 2. The van der Waals surface area contributed by atoms with Crippen molar-refractivity contribution in [1.29, 1.82) is 0 Å². The zero-order chi connectivity index (χ0) is 23.1. The predicted octanol–water partition coefficient (Wildman–Crippen LogP) is 4.97. The van der Waals surface area contributed by atoms with Crippen molar-refractivity contribution >= 4 is 11.8 Å². The lowest BCUT2D eigenvalue weighted by molar-refractivity contribution is -0.142. The lowest BCUT2D eigenvalue weighted by atomic mass is 10.0. The van der Waals surface area contributed by atoms with Gasteiger partial charge in [-0.25, -0.2) is 0 Å². The van der Waals surface area contributed by atoms with Crippen LogP contribution in [0.25, 0.3) is 0 Å². The van der Waals surface area contributed by atoms with E-state index in [1.54, 1.807) is 11.8 Å². The average molecular weight is 437 g/mol. The maximum Gasteiger partial charge on any atom is 0.261 e. The first kappa shape index (κ1) is 23.8. The lowest BCUT2D eigenvalue weighted by Gasteiger charge is -2.30. The van der Waals surface area contributed by atoms with Gasteiger partial charge in [0.2, 0.25) is 5.91 Å². The molecule has 2 aromatic carbocycles. The molecule has 172 valence electrons. The molecule has 2 aromatic rings. The number of amides is 2. The largest absolute Gasteiger partial charge is 0.484 e. The number of hydrogen-bond donors (Lipinski definition) is 1. The van der Waals surface area contributed by atoms with Gasteiger partial charge in [0.15, 0.2) is 6.61 Å². The van der Waals surface area contributed by atoms with Crippen LogP contribution in [-0.2, 0) is 16.1 Å². The summed E-state index contributed by atoms with van der Waals surface area (Å²) >= 11 is 0. The van der Waals surface area contributed by atoms with E-state index in [9.17, 15) is 9.59 Å². The first-order valence-corrected chi connectivity index (χ1v) is 11.7. The van der Waals surface area contributed by atoms with Gasteiger partial charge in [0.05, 0.1) is 0 Å². The third kappa shape index (κ3) is 6.35. The van der Waals surface area contributed by atoms with Crippen LogP contribution < -0.4 is 10.1 Å². The van der Waals surface area contributed by atoms with E-state index in [1.807, 2.05) is 55.5 Å². The van der Waals surface area contributed by atoms with Crippen molar-refractivity contribution in [3.8, 4) is 5.75 Å². The molecule has 1 saturated carbocycles. The van der Waals surface area contributed by atoms with Crippen LogP contribution in [-0.4, -0.2) is 35.4 Å². The molecular weight excluding hydrogens is 400 g/mol. The Balaban J connectivity index is 1.70. The summed E-state index contributed by atoms with van der Waals surface area (Å²) in [5.74, 6) is 0.798. The van der Waals surface area contributed by atoms with Crippen molar-refractivity contribution in [2.24, 2.45) is 0 Å². The molecule has 0 saturated heterocycles. The molecule has 0 heterocycles. The van der Waals surface area contributed by atoms with Crippen LogP contribution in [0.15, 0.2) is 48.5 Å². The molecule has 1 N–H and O–H groups in total. The standard InChI is InChI=1S/C27H36N2O3/c1-19(2)22-13-15-25(16-14-22)32-18-26(30)29(17-23-10-6-5-9-20(23)3)21(4)27(31)28-24-11-7-8-12-24/h5-6,9-10,13-16,19,21,24H,7-8,11-12,17-18H2,1-4H3,(H,28,31). The third-order valence-corrected chi connectivity index (χ3v) is 6.38. The van der Waals surface area contributed by atoms with E-state index in [0.717, 1.165) is 36.8 Å². The number of nitrogens with zero attached hydrogens (tertiary/aromatic N) is 1. The Kier molecular flexibility index (Phi) is 8.32. The summed E-state index contributed by atoms with van der Waals surface area (Å²) in [5, 5.41) is 3.13. The lowest BCUT2D eigenvalue weighted by Crippen LogP contribution is -2.50. The fourth-order valence-electron chi connectivity index (χ4n) is 4.12. The summed E-state index contributed by atoms with van der Waals surface area (Å²) in [6, 6.07) is 15.4. The minimum absolute atomic E-state index is 0.0971. The van der Waals surface area contributed by atoms with Crippen molar-refractivity contribution in [3.63, 3.8) is 0 Å². The summed E-state index contributed by atoms with van der Waals surface area (Å²) in [4.78, 5) is 27.8. The highest BCUT2D eigenvalue weighted by Gasteiger charge is 2.29. The van der Waals surface area contributed by atoms with Crippen molar-refractivity contribution < 1.29 is 14.3 Å². The highest BCUT2D eigenvalue weighted by molar-refractivity contribution is 5.88. The van der Waals surface area contributed by atoms with Crippen LogP contribution in [0.5, 0.6) is 5.75 Å². The van der Waals surface area contributed by atoms with E-state index in [1.165, 1.54) is 5.56 Å². The van der Waals surface area contributed by atoms with Crippen molar-refractivity contribution in [2.45, 2.75) is 77.9 Å². The second-order valence-electron chi connectivity index (χ2n) is 9.13. The van der Waals surface area contributed by atoms with E-state index in [0.29, 0.717) is 18.2 Å². The molecule has 1 fully saturated rings. The normalized spacial score (nSPS) is 14.9. The van der Waals surface area contributed by atoms with Gasteiger partial charge in [-0.1, -0.05) is 63.1 Å². The van der Waals surface area contributed by atoms with Gasteiger partial charge < -0.3 is 15.0 Å². The molecule has 5 heteroatoms. The van der Waals surface area contributed by atoms with E-state index in [4.69, 9.17) is 4.74 Å². The van der Waals surface area contributed by atoms with Gasteiger partial charge in [-0.2, -0.15) is 0 Å². The predicted molar refractivity (Wildman–Crippen MR) is 128 cm³/mol. The highest BCUT2D eigenvalue weighted by atomic mass is 16.5. The molecule has 32 heavy (non-hydrogen) atoms. The number of nitrogens with one attached hydrogen (secondary N) is 1. The molecule has 0 spiro atoms. The number of rotatable bonds is 9. The fraction of sp³-hybridized carbons (Fsp3) is 0.481. The molecule has 0 bridgehead atoms. The molecular formula is C27H36N2O3. The molecule has 2 amide bonds. The Morgan fingerprint density at radius 2 is 1.69 bits per heavy atom. The number of carbonyl (C=O) groups is 2. The smallest absolute Gasteiger partial charge is 0.261 e. The van der Waals surface area contributed by atoms with Crippen LogP contribution in [0, 0.1) is 6.92 Å². The average Bonchev–Trinajstić information content (AvgIpc) is 3.29. The van der Waals surface area contributed by atoms with Crippen molar-refractivity contribution in [1.82, 2.24) is 10.2 Å². The molecule has 0 aromatic heterocycles. The fourth-order valence-corrected chi connectivity index (χ4v) is 4.12. The van der Waals surface area contributed by atoms with E-state index in [2.05, 4.69) is 19.2 Å². The monoisotopic (exact) mass is 436 g/mol. The molecule has 3 rings (SSSR count). The summed E-state index contributed by atoms with van der Waals surface area (Å²) in [7, 11) is 0. The Morgan fingerprint density at radius 1 is 1.03 bits per heavy atom. The van der Waals surface area contributed by atoms with Gasteiger partial charge in [-0.05, 0) is 61.4 Å². The minimum Gasteiger partial charge on any atom is -0.484 e. The second-order valence-corrected chi connectivity index (χ2v) is 9.13. The van der Waals surface area contributed by atoms with Crippen LogP contribution in [0.2, 0.25) is 0 Å². The SMILES string of the molecule is Cc1ccccc1CN(C(=O)COc1ccc(C(C)C)cc1)C(C)C(=O)NC1CCCC1. The van der Waals surface area contributed by atoms with Crippen LogP contribution in [0.1, 0.15) is 69.1 Å². The zero-order valence-corrected chi connectivity index (χ0v) is 19.8. The molecule has 0 aliphatic heterocycles. The summed E-state index contributed by atoms with van der Waals surface area (Å²) in [5.41, 5.74) is 3.35. The van der Waals surface area contributed by atoms with Gasteiger partial charge in [-0.3, -0.25) is 9.59 Å². The Morgan fingerprint density at radius 3 is 2.31 bits per heavy atom. The molecule has 0 radical (unpaired) electrons. The first-order chi connectivity index (χ1) is 15.3. The second kappa shape index (κ2) is 11.2. The van der Waals surface area contributed by atoms with Gasteiger partial charge in [0.1, 0.15) is 11.8 Å². The van der Waals surface area contributed by atoms with Crippen molar-refractivity contribution in [3.05, 3.63) is 65.2 Å². The molecule has 5 nitrogen and oxygen atoms in total. The van der Waals surface area contributed by atoms with Crippen molar-refractivity contribution in [2.75, 3.05) is 6.61 Å². The third-order valence-electron chi connectivity index (χ3n) is 6.38. The van der Waals surface area contributed by atoms with Gasteiger partial charge in [0.25, 0.3) is 5.91 Å². The number of hydrogen-bond acceptors (Lipinski definition) is 3. The maximum atomic E-state index is 13.2. The summed E-state index contributed by atoms with van der Waals surface area (Å²) < 4.78 is 5.79. The van der Waals surface area contributed by atoms with E-state index < -0.39 is 6.04 Å². The van der Waals surface area contributed by atoms with Gasteiger partial charge in [-0.15, -0.1) is 0 Å². The Labute approximate surface area is 192 Å². The Hall–Kier alpha value is -2.82. The van der Waals surface area contributed by atoms with Crippen LogP contribution in [0.3, 0.4) is 0 Å². The minimum atomic E-state index is -0.574. The molecule has 1 atom stereocenters. The van der Waals surface area contributed by atoms with Crippen LogP contribution >= 0.6 is 0 Å². The Bertz CT molecular complexity index is 901. The van der Waals surface area contributed by atoms with Gasteiger partial charge in [0, 0.05) is 12.6 Å². The van der Waals surface area contributed by atoms with Crippen LogP contribution in [0.4, 0.5) is 0 Å². The first-order valence-electron chi connectivity index (χ1n) is 11.7. The molecule has 1 aliphatic rings. The molecule has 1 aliphatic carbocycles. The topological polar surface area (TPSA) is 58.6 Å². The van der Waals surface area contributed by atoms with Gasteiger partial charge >= 0.3 is 0 Å². The van der Waals surface area contributed by atoms with E-state index >= 15 is 0 Å². The zero-order valence-electron chi connectivity index (χ0n) is 19.8. The maximum absolute atomic E-state index is 13.2. The summed E-state index contributed by atoms with van der Waals surface area (Å²) in [6.45, 7) is 8.38. The number of carbonyl (C=O) groups excluding carboxylic acids is 2. The number of ether oxygens (including phenoxy) is 1. The highest BCUT2D eigenvalue weighted by Crippen LogP contribution is 2.20. The number of aryl methyl sites for hydroxylation is 1. The quantitative estimate of drug-likeness (QED) is 0.604. The van der Waals surface area contributed by atoms with E-state index in [-0.39, 0.29) is 24.5 Å². The summed E-state index contributed by atoms with van der Waals surface area (Å²) in [6.07, 6.45) is 4.32.